The Bertz CT molecular complexity index is 1400. The highest BCUT2D eigenvalue weighted by atomic mass is 32.2. The highest BCUT2D eigenvalue weighted by molar-refractivity contribution is 7.90. The predicted molar refractivity (Wildman–Crippen MR) is 125 cm³/mol. The van der Waals surface area contributed by atoms with Crippen LogP contribution in [0.2, 0.25) is 0 Å². The van der Waals surface area contributed by atoms with Gasteiger partial charge in [-0.3, -0.25) is 4.90 Å². The number of tetrazole rings is 1. The molecule has 0 bridgehead atoms. The van der Waals surface area contributed by atoms with E-state index in [2.05, 4.69) is 32.6 Å². The molecule has 0 amide bonds. The fourth-order valence-corrected chi connectivity index (χ4v) is 5.59. The van der Waals surface area contributed by atoms with Crippen molar-refractivity contribution in [2.45, 2.75) is 36.7 Å². The lowest BCUT2D eigenvalue weighted by Gasteiger charge is -2.35. The summed E-state index contributed by atoms with van der Waals surface area (Å²) in [4.78, 5) is 2.42. The molecule has 3 aromatic carbocycles. The topological polar surface area (TPSA) is 81.0 Å². The number of hydrogen-bond acceptors (Lipinski definition) is 6. The van der Waals surface area contributed by atoms with Crippen LogP contribution in [0, 0.1) is 12.7 Å². The Morgan fingerprint density at radius 1 is 0.971 bits per heavy atom. The molecule has 1 unspecified atom stereocenters. The van der Waals surface area contributed by atoms with Crippen LogP contribution in [0.4, 0.5) is 4.39 Å². The Hall–Kier alpha value is -3.43. The minimum Gasteiger partial charge on any atom is -0.285 e. The van der Waals surface area contributed by atoms with Crippen molar-refractivity contribution in [1.82, 2.24) is 25.1 Å². The molecule has 0 spiro atoms. The van der Waals surface area contributed by atoms with Gasteiger partial charge in [0.05, 0.1) is 10.9 Å². The van der Waals surface area contributed by atoms with Gasteiger partial charge in [0.25, 0.3) is 0 Å². The van der Waals surface area contributed by atoms with Crippen LogP contribution in [-0.4, -0.2) is 40.1 Å². The molecule has 174 valence electrons. The number of aromatic nitrogens is 4. The van der Waals surface area contributed by atoms with E-state index in [9.17, 15) is 12.8 Å². The van der Waals surface area contributed by atoms with Crippen LogP contribution in [-0.2, 0) is 28.7 Å². The van der Waals surface area contributed by atoms with Crippen molar-refractivity contribution in [3.63, 3.8) is 0 Å². The first-order valence-corrected chi connectivity index (χ1v) is 12.7. The Morgan fingerprint density at radius 2 is 1.68 bits per heavy atom. The fourth-order valence-electron chi connectivity index (χ4n) is 4.39. The Kier molecular flexibility index (Phi) is 5.97. The normalized spacial score (nSPS) is 15.1. The lowest BCUT2D eigenvalue weighted by molar-refractivity contribution is 0.195. The first kappa shape index (κ1) is 22.4. The summed E-state index contributed by atoms with van der Waals surface area (Å²) in [5.74, 6) is -0.324. The van der Waals surface area contributed by atoms with Gasteiger partial charge < -0.3 is 0 Å². The van der Waals surface area contributed by atoms with E-state index in [4.69, 9.17) is 0 Å². The van der Waals surface area contributed by atoms with Crippen LogP contribution in [0.3, 0.4) is 0 Å². The van der Waals surface area contributed by atoms with E-state index in [0.717, 1.165) is 24.1 Å². The molecular weight excluding hydrogens is 453 g/mol. The molecule has 0 saturated carbocycles. The number of halogens is 1. The van der Waals surface area contributed by atoms with Crippen molar-refractivity contribution < 1.29 is 12.8 Å². The summed E-state index contributed by atoms with van der Waals surface area (Å²) in [6.07, 6.45) is 0.844. The van der Waals surface area contributed by atoms with E-state index in [-0.39, 0.29) is 16.6 Å². The average Bonchev–Trinajstić information content (AvgIpc) is 3.27. The summed E-state index contributed by atoms with van der Waals surface area (Å²) in [6, 6.07) is 20.7. The maximum absolute atomic E-state index is 13.7. The van der Waals surface area contributed by atoms with E-state index in [1.165, 1.54) is 27.9 Å². The largest absolute Gasteiger partial charge is 0.285 e. The fraction of sp³-hybridized carbons (Fsp3) is 0.240. The van der Waals surface area contributed by atoms with Gasteiger partial charge in [0, 0.05) is 13.1 Å². The number of rotatable bonds is 6. The first-order chi connectivity index (χ1) is 16.4. The Balaban J connectivity index is 1.53. The summed E-state index contributed by atoms with van der Waals surface area (Å²) >= 11 is 0. The molecule has 1 aliphatic heterocycles. The van der Waals surface area contributed by atoms with E-state index in [0.29, 0.717) is 12.4 Å². The van der Waals surface area contributed by atoms with E-state index in [1.54, 1.807) is 36.4 Å². The van der Waals surface area contributed by atoms with Crippen LogP contribution in [0.15, 0.2) is 77.7 Å². The average molecular weight is 478 g/mol. The zero-order valence-electron chi connectivity index (χ0n) is 18.7. The number of hydrogen-bond donors (Lipinski definition) is 0. The van der Waals surface area contributed by atoms with Crippen LogP contribution < -0.4 is 0 Å². The van der Waals surface area contributed by atoms with Crippen LogP contribution in [0.1, 0.15) is 34.1 Å². The van der Waals surface area contributed by atoms with Crippen molar-refractivity contribution in [1.29, 1.82) is 0 Å². The monoisotopic (exact) mass is 477 g/mol. The zero-order chi connectivity index (χ0) is 23.7. The molecule has 0 fully saturated rings. The Labute approximate surface area is 197 Å². The zero-order valence-corrected chi connectivity index (χ0v) is 19.5. The molecular formula is C25H24FN5O2S. The molecule has 0 radical (unpaired) electrons. The Morgan fingerprint density at radius 3 is 2.41 bits per heavy atom. The smallest absolute Gasteiger partial charge is 0.198 e. The van der Waals surface area contributed by atoms with Gasteiger partial charge in [-0.05, 0) is 64.7 Å². The van der Waals surface area contributed by atoms with Gasteiger partial charge in [0.1, 0.15) is 5.82 Å². The molecule has 0 aliphatic carbocycles. The summed E-state index contributed by atoms with van der Waals surface area (Å²) in [5, 5.41) is 12.1. The van der Waals surface area contributed by atoms with E-state index in [1.807, 2.05) is 19.1 Å². The van der Waals surface area contributed by atoms with Gasteiger partial charge in [0.2, 0.25) is 0 Å². The SMILES string of the molecule is Cc1ccc(S(=O)(=O)Cn2nnnc2C(c2ccc(F)cc2)N2CCc3ccccc3C2)cc1. The summed E-state index contributed by atoms with van der Waals surface area (Å²) < 4.78 is 41.3. The molecule has 1 aliphatic rings. The van der Waals surface area contributed by atoms with Crippen LogP contribution in [0.25, 0.3) is 0 Å². The minimum atomic E-state index is -3.68. The van der Waals surface area contributed by atoms with Crippen molar-refractivity contribution in [3.8, 4) is 0 Å². The molecule has 2 heterocycles. The molecule has 4 aromatic rings. The third kappa shape index (κ3) is 4.49. The van der Waals surface area contributed by atoms with Gasteiger partial charge in [-0.15, -0.1) is 5.10 Å². The van der Waals surface area contributed by atoms with Gasteiger partial charge in [-0.25, -0.2) is 17.5 Å². The molecule has 1 aromatic heterocycles. The van der Waals surface area contributed by atoms with Gasteiger partial charge >= 0.3 is 0 Å². The molecule has 34 heavy (non-hydrogen) atoms. The molecule has 5 rings (SSSR count). The third-order valence-electron chi connectivity index (χ3n) is 6.19. The van der Waals surface area contributed by atoms with Crippen LogP contribution in [0.5, 0.6) is 0 Å². The molecule has 0 N–H and O–H groups in total. The number of fused-ring (bicyclic) bond motifs is 1. The maximum atomic E-state index is 13.7. The second-order valence-corrected chi connectivity index (χ2v) is 10.5. The summed E-state index contributed by atoms with van der Waals surface area (Å²) in [6.45, 7) is 3.28. The number of benzene rings is 3. The van der Waals surface area contributed by atoms with E-state index < -0.39 is 15.9 Å². The van der Waals surface area contributed by atoms with Gasteiger partial charge in [-0.2, -0.15) is 0 Å². The third-order valence-corrected chi connectivity index (χ3v) is 7.76. The minimum absolute atomic E-state index is 0.213. The second kappa shape index (κ2) is 9.08. The molecule has 7 nitrogen and oxygen atoms in total. The first-order valence-electron chi connectivity index (χ1n) is 11.0. The summed E-state index contributed by atoms with van der Waals surface area (Å²) in [7, 11) is -3.68. The predicted octanol–water partition coefficient (Wildman–Crippen LogP) is 3.70. The van der Waals surface area contributed by atoms with Crippen molar-refractivity contribution in [2.24, 2.45) is 0 Å². The lowest BCUT2D eigenvalue weighted by Crippen LogP contribution is -2.36. The number of aryl methyl sites for hydroxylation is 1. The molecule has 9 heteroatoms. The number of nitrogens with zero attached hydrogens (tertiary/aromatic N) is 5. The van der Waals surface area contributed by atoms with Crippen molar-refractivity contribution in [3.05, 3.63) is 107 Å². The summed E-state index contributed by atoms with van der Waals surface area (Å²) in [5.41, 5.74) is 4.26. The molecule has 1 atom stereocenters. The van der Waals surface area contributed by atoms with Crippen molar-refractivity contribution >= 4 is 9.84 Å². The highest BCUT2D eigenvalue weighted by Gasteiger charge is 2.31. The van der Waals surface area contributed by atoms with Gasteiger partial charge in [0.15, 0.2) is 21.5 Å². The van der Waals surface area contributed by atoms with Gasteiger partial charge in [-0.1, -0.05) is 54.1 Å². The highest BCUT2D eigenvalue weighted by Crippen LogP contribution is 2.32. The van der Waals surface area contributed by atoms with Crippen LogP contribution >= 0.6 is 0 Å². The number of sulfone groups is 1. The quantitative estimate of drug-likeness (QED) is 0.421. The van der Waals surface area contributed by atoms with Crippen molar-refractivity contribution in [2.75, 3.05) is 6.54 Å². The maximum Gasteiger partial charge on any atom is 0.198 e. The standard InChI is InChI=1S/C25H24FN5O2S/c1-18-6-12-23(13-7-18)34(32,33)17-31-25(27-28-29-31)24(20-8-10-22(26)11-9-20)30-15-14-19-4-2-3-5-21(19)16-30/h2-13,24H,14-17H2,1H3. The lowest BCUT2D eigenvalue weighted by atomic mass is 9.96. The van der Waals surface area contributed by atoms with E-state index >= 15 is 0 Å². The molecule has 0 saturated heterocycles. The second-order valence-electron chi connectivity index (χ2n) is 8.54.